The molecule has 1 saturated heterocycles. The van der Waals surface area contributed by atoms with E-state index in [4.69, 9.17) is 9.15 Å². The monoisotopic (exact) mass is 405 g/mol. The fraction of sp³-hybridized carbons (Fsp3) is 0.261. The van der Waals surface area contributed by atoms with Crippen LogP contribution >= 0.6 is 0 Å². The third-order valence-electron chi connectivity index (χ3n) is 4.97. The Labute approximate surface area is 174 Å². The van der Waals surface area contributed by atoms with Crippen LogP contribution in [0.25, 0.3) is 11.5 Å². The second-order valence-corrected chi connectivity index (χ2v) is 7.16. The first-order valence-electron chi connectivity index (χ1n) is 9.95. The molecular weight excluding hydrogens is 382 g/mol. The van der Waals surface area contributed by atoms with Gasteiger partial charge in [0.15, 0.2) is 12.3 Å². The number of anilines is 2. The Morgan fingerprint density at radius 1 is 1.07 bits per heavy atom. The topological polar surface area (TPSA) is 84.7 Å². The van der Waals surface area contributed by atoms with Crippen molar-refractivity contribution in [2.45, 2.75) is 19.8 Å². The fourth-order valence-corrected chi connectivity index (χ4v) is 3.42. The van der Waals surface area contributed by atoms with Crippen molar-refractivity contribution in [2.75, 3.05) is 29.9 Å². The summed E-state index contributed by atoms with van der Waals surface area (Å²) in [5.74, 6) is -0.431. The summed E-state index contributed by atoms with van der Waals surface area (Å²) in [7, 11) is 0. The lowest BCUT2D eigenvalue weighted by Crippen LogP contribution is -2.21. The summed E-state index contributed by atoms with van der Waals surface area (Å²) in [5.41, 5.74) is 2.63. The van der Waals surface area contributed by atoms with Crippen LogP contribution in [-0.4, -0.2) is 36.6 Å². The van der Waals surface area contributed by atoms with Crippen LogP contribution in [0.5, 0.6) is 0 Å². The number of rotatable bonds is 6. The molecule has 0 atom stereocenters. The standard InChI is InChI=1S/C23H23N3O4/c1-16-21(25-22(30-16)17-7-3-2-4-8-17)23(28)29-15-20(27)24-18-9-11-19(12-10-18)26-13-5-6-14-26/h2-4,7-12H,5-6,13-15H2,1H3,(H,24,27). The van der Waals surface area contributed by atoms with Gasteiger partial charge in [0, 0.05) is 30.0 Å². The summed E-state index contributed by atoms with van der Waals surface area (Å²) < 4.78 is 10.7. The third kappa shape index (κ3) is 4.51. The molecule has 30 heavy (non-hydrogen) atoms. The molecule has 0 radical (unpaired) electrons. The lowest BCUT2D eigenvalue weighted by molar-refractivity contribution is -0.119. The normalized spacial score (nSPS) is 13.3. The van der Waals surface area contributed by atoms with Gasteiger partial charge in [-0.15, -0.1) is 0 Å². The Kier molecular flexibility index (Phi) is 5.79. The highest BCUT2D eigenvalue weighted by Crippen LogP contribution is 2.23. The maximum absolute atomic E-state index is 12.3. The van der Waals surface area contributed by atoms with Crippen molar-refractivity contribution in [3.05, 3.63) is 66.1 Å². The minimum Gasteiger partial charge on any atom is -0.451 e. The van der Waals surface area contributed by atoms with E-state index in [1.165, 1.54) is 12.8 Å². The van der Waals surface area contributed by atoms with Gasteiger partial charge in [0.25, 0.3) is 5.91 Å². The molecule has 1 aromatic heterocycles. The number of aromatic nitrogens is 1. The molecule has 154 valence electrons. The van der Waals surface area contributed by atoms with Crippen LogP contribution in [-0.2, 0) is 9.53 Å². The molecule has 0 saturated carbocycles. The minimum absolute atomic E-state index is 0.0663. The number of nitrogens with one attached hydrogen (secondary N) is 1. The van der Waals surface area contributed by atoms with Crippen molar-refractivity contribution in [1.29, 1.82) is 0 Å². The van der Waals surface area contributed by atoms with E-state index in [1.807, 2.05) is 54.6 Å². The van der Waals surface area contributed by atoms with E-state index in [9.17, 15) is 9.59 Å². The minimum atomic E-state index is -0.696. The molecule has 7 nitrogen and oxygen atoms in total. The Bertz CT molecular complexity index is 1020. The average molecular weight is 405 g/mol. The highest BCUT2D eigenvalue weighted by atomic mass is 16.5. The quantitative estimate of drug-likeness (QED) is 0.623. The molecule has 1 aliphatic rings. The molecule has 2 heterocycles. The zero-order valence-electron chi connectivity index (χ0n) is 16.8. The van der Waals surface area contributed by atoms with Crippen LogP contribution in [0.15, 0.2) is 59.0 Å². The number of carbonyl (C=O) groups is 2. The molecule has 1 N–H and O–H groups in total. The Hall–Kier alpha value is -3.61. The number of benzene rings is 2. The van der Waals surface area contributed by atoms with Gasteiger partial charge < -0.3 is 19.4 Å². The second-order valence-electron chi connectivity index (χ2n) is 7.16. The molecular formula is C23H23N3O4. The summed E-state index contributed by atoms with van der Waals surface area (Å²) >= 11 is 0. The van der Waals surface area contributed by atoms with Crippen molar-refractivity contribution < 1.29 is 18.7 Å². The Balaban J connectivity index is 1.31. The SMILES string of the molecule is Cc1oc(-c2ccccc2)nc1C(=O)OCC(=O)Nc1ccc(N2CCCC2)cc1. The highest BCUT2D eigenvalue weighted by molar-refractivity contribution is 5.95. The maximum atomic E-state index is 12.3. The molecule has 7 heteroatoms. The lowest BCUT2D eigenvalue weighted by Gasteiger charge is -2.17. The maximum Gasteiger partial charge on any atom is 0.361 e. The van der Waals surface area contributed by atoms with E-state index in [-0.39, 0.29) is 5.69 Å². The van der Waals surface area contributed by atoms with Crippen LogP contribution in [0.3, 0.4) is 0 Å². The van der Waals surface area contributed by atoms with Crippen LogP contribution in [0.1, 0.15) is 29.1 Å². The average Bonchev–Trinajstić information content (AvgIpc) is 3.43. The number of ether oxygens (including phenoxy) is 1. The number of oxazole rings is 1. The van der Waals surface area contributed by atoms with Crippen LogP contribution in [0, 0.1) is 6.92 Å². The third-order valence-corrected chi connectivity index (χ3v) is 4.97. The lowest BCUT2D eigenvalue weighted by atomic mass is 10.2. The van der Waals surface area contributed by atoms with Gasteiger partial charge in [-0.05, 0) is 56.2 Å². The number of aryl methyl sites for hydroxylation is 1. The molecule has 0 unspecified atom stereocenters. The van der Waals surface area contributed by atoms with Gasteiger partial charge in [0.1, 0.15) is 5.76 Å². The van der Waals surface area contributed by atoms with E-state index >= 15 is 0 Å². The van der Waals surface area contributed by atoms with Crippen molar-refractivity contribution in [2.24, 2.45) is 0 Å². The number of hydrogen-bond donors (Lipinski definition) is 1. The van der Waals surface area contributed by atoms with Gasteiger partial charge in [0.05, 0.1) is 0 Å². The smallest absolute Gasteiger partial charge is 0.361 e. The van der Waals surface area contributed by atoms with Crippen LogP contribution in [0.2, 0.25) is 0 Å². The predicted molar refractivity (Wildman–Crippen MR) is 113 cm³/mol. The summed E-state index contributed by atoms with van der Waals surface area (Å²) in [6.07, 6.45) is 2.42. The number of esters is 1. The first-order chi connectivity index (χ1) is 14.6. The van der Waals surface area contributed by atoms with Gasteiger partial charge >= 0.3 is 5.97 Å². The Morgan fingerprint density at radius 2 is 1.77 bits per heavy atom. The van der Waals surface area contributed by atoms with E-state index in [0.717, 1.165) is 24.3 Å². The van der Waals surface area contributed by atoms with Gasteiger partial charge in [0.2, 0.25) is 5.89 Å². The second kappa shape index (κ2) is 8.82. The predicted octanol–water partition coefficient (Wildman–Crippen LogP) is 4.05. The van der Waals surface area contributed by atoms with Crippen molar-refractivity contribution in [1.82, 2.24) is 4.98 Å². The number of nitrogens with zero attached hydrogens (tertiary/aromatic N) is 2. The van der Waals surface area contributed by atoms with Crippen LogP contribution < -0.4 is 10.2 Å². The molecule has 0 aliphatic carbocycles. The molecule has 1 fully saturated rings. The molecule has 4 rings (SSSR count). The van der Waals surface area contributed by atoms with Gasteiger partial charge in [-0.2, -0.15) is 0 Å². The first-order valence-corrected chi connectivity index (χ1v) is 9.95. The summed E-state index contributed by atoms with van der Waals surface area (Å²) in [5, 5.41) is 2.73. The zero-order chi connectivity index (χ0) is 20.9. The van der Waals surface area contributed by atoms with E-state index in [1.54, 1.807) is 6.92 Å². The van der Waals surface area contributed by atoms with Crippen LogP contribution in [0.4, 0.5) is 11.4 Å². The molecule has 0 bridgehead atoms. The number of amides is 1. The van der Waals surface area contributed by atoms with Gasteiger partial charge in [-0.25, -0.2) is 9.78 Å². The number of carbonyl (C=O) groups excluding carboxylic acids is 2. The van der Waals surface area contributed by atoms with Crippen molar-refractivity contribution in [3.63, 3.8) is 0 Å². The number of hydrogen-bond acceptors (Lipinski definition) is 6. The van der Waals surface area contributed by atoms with Gasteiger partial charge in [-0.1, -0.05) is 18.2 Å². The van der Waals surface area contributed by atoms with E-state index in [0.29, 0.717) is 17.3 Å². The summed E-state index contributed by atoms with van der Waals surface area (Å²) in [6.45, 7) is 3.36. The molecule has 0 spiro atoms. The molecule has 1 aliphatic heterocycles. The van der Waals surface area contributed by atoms with E-state index < -0.39 is 18.5 Å². The first kappa shape index (κ1) is 19.7. The fourth-order valence-electron chi connectivity index (χ4n) is 3.42. The van der Waals surface area contributed by atoms with Gasteiger partial charge in [-0.3, -0.25) is 4.79 Å². The summed E-state index contributed by atoms with van der Waals surface area (Å²) in [4.78, 5) is 31.0. The summed E-state index contributed by atoms with van der Waals surface area (Å²) in [6, 6.07) is 16.9. The largest absolute Gasteiger partial charge is 0.451 e. The molecule has 2 aromatic carbocycles. The van der Waals surface area contributed by atoms with Crippen molar-refractivity contribution >= 4 is 23.3 Å². The van der Waals surface area contributed by atoms with Crippen molar-refractivity contribution in [3.8, 4) is 11.5 Å². The molecule has 1 amide bonds. The van der Waals surface area contributed by atoms with E-state index in [2.05, 4.69) is 15.2 Å². The molecule has 3 aromatic rings. The Morgan fingerprint density at radius 3 is 2.47 bits per heavy atom. The zero-order valence-corrected chi connectivity index (χ0v) is 16.8. The highest BCUT2D eigenvalue weighted by Gasteiger charge is 2.20.